The number of nitrogens with zero attached hydrogens (tertiary/aromatic N) is 1. The minimum Gasteiger partial charge on any atom is -0.493 e. The van der Waals surface area contributed by atoms with Crippen LogP contribution in [-0.2, 0) is 6.54 Å². The van der Waals surface area contributed by atoms with Gasteiger partial charge in [0.1, 0.15) is 5.75 Å². The van der Waals surface area contributed by atoms with Crippen molar-refractivity contribution in [1.29, 1.82) is 0 Å². The van der Waals surface area contributed by atoms with Crippen molar-refractivity contribution in [2.24, 2.45) is 0 Å². The van der Waals surface area contributed by atoms with E-state index >= 15 is 0 Å². The molecular formula is C19H19Cl2NO2. The lowest BCUT2D eigenvalue weighted by Crippen LogP contribution is -2.17. The Kier molecular flexibility index (Phi) is 5.34. The van der Waals surface area contributed by atoms with Gasteiger partial charge < -0.3 is 14.7 Å². The average molecular weight is 364 g/mol. The first-order valence-corrected chi connectivity index (χ1v) is 8.58. The zero-order valence-electron chi connectivity index (χ0n) is 13.4. The van der Waals surface area contributed by atoms with E-state index in [4.69, 9.17) is 33.0 Å². The quantitative estimate of drug-likeness (QED) is 0.788. The van der Waals surface area contributed by atoms with E-state index in [0.717, 1.165) is 29.0 Å². The molecule has 0 atom stereocenters. The second-order valence-electron chi connectivity index (χ2n) is 5.86. The van der Waals surface area contributed by atoms with Crippen LogP contribution in [0, 0.1) is 0 Å². The highest BCUT2D eigenvalue weighted by Gasteiger charge is 2.18. The Bertz CT molecular complexity index is 754. The molecule has 0 radical (unpaired) electrons. The minimum absolute atomic E-state index is 0.135. The lowest BCUT2D eigenvalue weighted by molar-refractivity contribution is 0.233. The fourth-order valence-corrected chi connectivity index (χ4v) is 3.38. The molecule has 0 amide bonds. The third kappa shape index (κ3) is 3.86. The standard InChI is InChI=1S/C19H19Cl2NO2/c1-22-11-14-9-17(24-6-2-5-23)3-4-18(14)19(12-22)13-7-15(20)10-16(21)8-13/h3-4,7-10,12,23H,2,5-6,11H2,1H3. The molecule has 2 aromatic rings. The van der Waals surface area contributed by atoms with Gasteiger partial charge in [-0.15, -0.1) is 0 Å². The first-order valence-electron chi connectivity index (χ1n) is 7.82. The van der Waals surface area contributed by atoms with E-state index in [1.165, 1.54) is 5.56 Å². The number of aliphatic hydroxyl groups excluding tert-OH is 1. The lowest BCUT2D eigenvalue weighted by Gasteiger charge is -2.26. The maximum Gasteiger partial charge on any atom is 0.119 e. The minimum atomic E-state index is 0.135. The van der Waals surface area contributed by atoms with Crippen LogP contribution in [0.5, 0.6) is 5.75 Å². The Hall–Kier alpha value is -1.68. The summed E-state index contributed by atoms with van der Waals surface area (Å²) in [4.78, 5) is 2.13. The summed E-state index contributed by atoms with van der Waals surface area (Å²) in [5.74, 6) is 0.820. The summed E-state index contributed by atoms with van der Waals surface area (Å²) >= 11 is 12.3. The second kappa shape index (κ2) is 7.47. The number of hydrogen-bond acceptors (Lipinski definition) is 3. The van der Waals surface area contributed by atoms with Crippen LogP contribution in [0.1, 0.15) is 23.1 Å². The molecule has 0 bridgehead atoms. The summed E-state index contributed by atoms with van der Waals surface area (Å²) < 4.78 is 5.69. The van der Waals surface area contributed by atoms with Crippen LogP contribution in [0.25, 0.3) is 5.57 Å². The maximum absolute atomic E-state index is 8.86. The van der Waals surface area contributed by atoms with Crippen LogP contribution in [0.3, 0.4) is 0 Å². The Balaban J connectivity index is 1.95. The molecule has 2 aromatic carbocycles. The van der Waals surface area contributed by atoms with Crippen molar-refractivity contribution in [3.05, 3.63) is 69.3 Å². The molecule has 0 aromatic heterocycles. The molecule has 1 aliphatic heterocycles. The van der Waals surface area contributed by atoms with Gasteiger partial charge in [-0.05, 0) is 47.0 Å². The van der Waals surface area contributed by atoms with Crippen LogP contribution in [0.4, 0.5) is 0 Å². The lowest BCUT2D eigenvalue weighted by atomic mass is 9.92. The van der Waals surface area contributed by atoms with Crippen LogP contribution in [-0.4, -0.2) is 30.3 Å². The van der Waals surface area contributed by atoms with Crippen LogP contribution in [0.2, 0.25) is 10.0 Å². The fraction of sp³-hybridized carbons (Fsp3) is 0.263. The SMILES string of the molecule is CN1C=C(c2cc(Cl)cc(Cl)c2)c2ccc(OCCCO)cc2C1. The van der Waals surface area contributed by atoms with Crippen molar-refractivity contribution in [2.75, 3.05) is 20.3 Å². The molecule has 3 rings (SSSR count). The normalized spacial score (nSPS) is 13.5. The number of halogens is 2. The van der Waals surface area contributed by atoms with E-state index < -0.39 is 0 Å². The Morgan fingerprint density at radius 3 is 2.58 bits per heavy atom. The summed E-state index contributed by atoms with van der Waals surface area (Å²) in [6, 6.07) is 11.7. The monoisotopic (exact) mass is 363 g/mol. The summed E-state index contributed by atoms with van der Waals surface area (Å²) in [7, 11) is 2.04. The van der Waals surface area contributed by atoms with E-state index in [9.17, 15) is 0 Å². The van der Waals surface area contributed by atoms with E-state index in [0.29, 0.717) is 23.1 Å². The zero-order chi connectivity index (χ0) is 17.1. The maximum atomic E-state index is 8.86. The summed E-state index contributed by atoms with van der Waals surface area (Å²) in [5, 5.41) is 10.1. The van der Waals surface area contributed by atoms with Crippen molar-refractivity contribution in [3.8, 4) is 5.75 Å². The molecule has 0 spiro atoms. The van der Waals surface area contributed by atoms with Crippen molar-refractivity contribution in [3.63, 3.8) is 0 Å². The van der Waals surface area contributed by atoms with Gasteiger partial charge in [0, 0.05) is 48.4 Å². The molecule has 0 saturated heterocycles. The number of rotatable bonds is 5. The molecule has 5 heteroatoms. The highest BCUT2D eigenvalue weighted by atomic mass is 35.5. The largest absolute Gasteiger partial charge is 0.493 e. The Morgan fingerprint density at radius 2 is 1.88 bits per heavy atom. The first kappa shape index (κ1) is 17.2. The molecule has 0 saturated carbocycles. The third-order valence-electron chi connectivity index (χ3n) is 3.88. The number of ether oxygens (including phenoxy) is 1. The highest BCUT2D eigenvalue weighted by Crippen LogP contribution is 2.35. The van der Waals surface area contributed by atoms with Crippen molar-refractivity contribution in [1.82, 2.24) is 4.90 Å². The van der Waals surface area contributed by atoms with E-state index in [-0.39, 0.29) is 6.61 Å². The van der Waals surface area contributed by atoms with E-state index in [1.807, 2.05) is 25.2 Å². The molecule has 0 fully saturated rings. The zero-order valence-corrected chi connectivity index (χ0v) is 14.9. The third-order valence-corrected chi connectivity index (χ3v) is 4.32. The van der Waals surface area contributed by atoms with Gasteiger partial charge >= 0.3 is 0 Å². The van der Waals surface area contributed by atoms with Crippen LogP contribution in [0.15, 0.2) is 42.6 Å². The number of fused-ring (bicyclic) bond motifs is 1. The Labute approximate surface area is 152 Å². The summed E-state index contributed by atoms with van der Waals surface area (Å²) in [5.41, 5.74) is 4.42. The van der Waals surface area contributed by atoms with Gasteiger partial charge in [-0.2, -0.15) is 0 Å². The molecule has 0 aliphatic carbocycles. The first-order chi connectivity index (χ1) is 11.6. The van der Waals surface area contributed by atoms with Crippen molar-refractivity contribution >= 4 is 28.8 Å². The predicted molar refractivity (Wildman–Crippen MR) is 98.6 cm³/mol. The molecule has 1 aliphatic rings. The molecule has 0 unspecified atom stereocenters. The topological polar surface area (TPSA) is 32.7 Å². The van der Waals surface area contributed by atoms with Gasteiger partial charge in [-0.3, -0.25) is 0 Å². The Morgan fingerprint density at radius 1 is 1.12 bits per heavy atom. The highest BCUT2D eigenvalue weighted by molar-refractivity contribution is 6.34. The molecule has 126 valence electrons. The molecule has 3 nitrogen and oxygen atoms in total. The number of aliphatic hydroxyl groups is 1. The average Bonchev–Trinajstić information content (AvgIpc) is 2.53. The number of benzene rings is 2. The smallest absolute Gasteiger partial charge is 0.119 e. The number of hydrogen-bond donors (Lipinski definition) is 1. The molecular weight excluding hydrogens is 345 g/mol. The summed E-state index contributed by atoms with van der Waals surface area (Å²) in [6.07, 6.45) is 2.74. The van der Waals surface area contributed by atoms with Gasteiger partial charge in [0.2, 0.25) is 0 Å². The molecule has 1 heterocycles. The van der Waals surface area contributed by atoms with Crippen LogP contribution >= 0.6 is 23.2 Å². The van der Waals surface area contributed by atoms with Gasteiger partial charge in [-0.1, -0.05) is 29.3 Å². The molecule has 24 heavy (non-hydrogen) atoms. The van der Waals surface area contributed by atoms with Gasteiger partial charge in [0.05, 0.1) is 6.61 Å². The van der Waals surface area contributed by atoms with Crippen molar-refractivity contribution in [2.45, 2.75) is 13.0 Å². The van der Waals surface area contributed by atoms with E-state index in [2.05, 4.69) is 23.2 Å². The van der Waals surface area contributed by atoms with E-state index in [1.54, 1.807) is 6.07 Å². The fourth-order valence-electron chi connectivity index (χ4n) is 2.85. The van der Waals surface area contributed by atoms with Gasteiger partial charge in [0.15, 0.2) is 0 Å². The van der Waals surface area contributed by atoms with Gasteiger partial charge in [-0.25, -0.2) is 0 Å². The van der Waals surface area contributed by atoms with Crippen molar-refractivity contribution < 1.29 is 9.84 Å². The van der Waals surface area contributed by atoms with Crippen LogP contribution < -0.4 is 4.74 Å². The second-order valence-corrected chi connectivity index (χ2v) is 6.73. The predicted octanol–water partition coefficient (Wildman–Crippen LogP) is 4.59. The van der Waals surface area contributed by atoms with Gasteiger partial charge in [0.25, 0.3) is 0 Å². The summed E-state index contributed by atoms with van der Waals surface area (Å²) in [6.45, 7) is 1.46. The molecule has 1 N–H and O–H groups in total.